The number of nitrogens with zero attached hydrogens (tertiary/aromatic N) is 2. The van der Waals surface area contributed by atoms with E-state index in [1.165, 1.54) is 24.6 Å². The van der Waals surface area contributed by atoms with Gasteiger partial charge in [0.05, 0.1) is 5.75 Å². The fourth-order valence-corrected chi connectivity index (χ4v) is 3.28. The fourth-order valence-electron chi connectivity index (χ4n) is 2.44. The monoisotopic (exact) mass is 381 g/mol. The minimum Gasteiger partial charge on any atom is -0.411 e. The molecule has 0 atom stereocenters. The molecule has 2 aromatic rings. The van der Waals surface area contributed by atoms with Gasteiger partial charge in [0.2, 0.25) is 11.8 Å². The van der Waals surface area contributed by atoms with Crippen LogP contribution in [0.15, 0.2) is 38.4 Å². The van der Waals surface area contributed by atoms with Crippen molar-refractivity contribution in [2.75, 3.05) is 5.75 Å². The summed E-state index contributed by atoms with van der Waals surface area (Å²) in [6.45, 7) is 0. The second kappa shape index (κ2) is 7.28. The molecule has 1 amide bonds. The molecule has 22 heavy (non-hydrogen) atoms. The smallest absolute Gasteiger partial charge is 0.277 e. The Hall–Kier alpha value is -1.34. The molecule has 1 heterocycles. The molecule has 3 rings (SSSR count). The first kappa shape index (κ1) is 15.6. The zero-order valence-corrected chi connectivity index (χ0v) is 14.3. The van der Waals surface area contributed by atoms with E-state index in [0.29, 0.717) is 22.9 Å². The zero-order chi connectivity index (χ0) is 15.4. The summed E-state index contributed by atoms with van der Waals surface area (Å²) >= 11 is 4.65. The largest absolute Gasteiger partial charge is 0.411 e. The predicted molar refractivity (Wildman–Crippen MR) is 88.6 cm³/mol. The van der Waals surface area contributed by atoms with Crippen LogP contribution in [0.2, 0.25) is 0 Å². The number of hydrogen-bond donors (Lipinski definition) is 1. The van der Waals surface area contributed by atoms with E-state index < -0.39 is 0 Å². The molecular formula is C15H16BrN3O2S. The van der Waals surface area contributed by atoms with Crippen LogP contribution in [0.5, 0.6) is 0 Å². The van der Waals surface area contributed by atoms with Gasteiger partial charge in [-0.2, -0.15) is 0 Å². The van der Waals surface area contributed by atoms with Gasteiger partial charge < -0.3 is 9.73 Å². The van der Waals surface area contributed by atoms with Crippen LogP contribution in [0.3, 0.4) is 0 Å². The number of rotatable bonds is 5. The summed E-state index contributed by atoms with van der Waals surface area (Å²) in [5.74, 6) is 0.796. The van der Waals surface area contributed by atoms with Gasteiger partial charge in [-0.25, -0.2) is 0 Å². The van der Waals surface area contributed by atoms with Crippen molar-refractivity contribution < 1.29 is 9.21 Å². The first-order valence-corrected chi connectivity index (χ1v) is 9.00. The quantitative estimate of drug-likeness (QED) is 0.800. The lowest BCUT2D eigenvalue weighted by Crippen LogP contribution is -2.33. The van der Waals surface area contributed by atoms with Crippen molar-refractivity contribution >= 4 is 33.6 Å². The molecule has 5 nitrogen and oxygen atoms in total. The first-order chi connectivity index (χ1) is 10.7. The van der Waals surface area contributed by atoms with E-state index in [0.717, 1.165) is 22.9 Å². The lowest BCUT2D eigenvalue weighted by Gasteiger charge is -2.10. The lowest BCUT2D eigenvalue weighted by molar-refractivity contribution is -0.119. The Balaban J connectivity index is 1.53. The molecule has 0 spiro atoms. The number of hydrogen-bond acceptors (Lipinski definition) is 5. The number of carbonyl (C=O) groups excluding carboxylic acids is 1. The van der Waals surface area contributed by atoms with E-state index >= 15 is 0 Å². The third kappa shape index (κ3) is 4.10. The van der Waals surface area contributed by atoms with Crippen molar-refractivity contribution in [1.82, 2.24) is 15.5 Å². The molecule has 0 saturated heterocycles. The highest BCUT2D eigenvalue weighted by Crippen LogP contribution is 2.24. The van der Waals surface area contributed by atoms with Crippen molar-refractivity contribution in [2.24, 2.45) is 0 Å². The summed E-state index contributed by atoms with van der Waals surface area (Å²) in [6.07, 6.45) is 4.59. The Morgan fingerprint density at radius 3 is 2.73 bits per heavy atom. The Kier molecular flexibility index (Phi) is 5.15. The number of nitrogens with one attached hydrogen (secondary N) is 1. The standard InChI is InChI=1S/C15H16BrN3O2S/c16-11-7-5-10(6-8-11)14-18-19-15(21-14)22-9-13(20)17-12-3-1-2-4-12/h5-8,12H,1-4,9H2,(H,17,20). The third-order valence-corrected chi connectivity index (χ3v) is 4.89. The number of carbonyl (C=O) groups is 1. The molecule has 116 valence electrons. The van der Waals surface area contributed by atoms with E-state index in [9.17, 15) is 4.79 Å². The van der Waals surface area contributed by atoms with Gasteiger partial charge in [-0.05, 0) is 37.1 Å². The van der Waals surface area contributed by atoms with Gasteiger partial charge in [-0.3, -0.25) is 4.79 Å². The molecule has 0 aliphatic heterocycles. The molecule has 0 radical (unpaired) electrons. The number of aromatic nitrogens is 2. The van der Waals surface area contributed by atoms with Crippen LogP contribution >= 0.6 is 27.7 Å². The normalized spacial score (nSPS) is 15.1. The van der Waals surface area contributed by atoms with Gasteiger partial charge in [-0.15, -0.1) is 10.2 Å². The van der Waals surface area contributed by atoms with E-state index in [4.69, 9.17) is 4.42 Å². The SMILES string of the molecule is O=C(CSc1nnc(-c2ccc(Br)cc2)o1)NC1CCCC1. The minimum atomic E-state index is 0.0280. The topological polar surface area (TPSA) is 68.0 Å². The molecule has 1 fully saturated rings. The summed E-state index contributed by atoms with van der Waals surface area (Å²) in [5, 5.41) is 11.4. The molecule has 1 aromatic heterocycles. The molecule has 1 aliphatic rings. The van der Waals surface area contributed by atoms with Crippen LogP contribution in [0.25, 0.3) is 11.5 Å². The Labute approximate surface area is 141 Å². The molecule has 1 aromatic carbocycles. The number of amides is 1. The van der Waals surface area contributed by atoms with Gasteiger partial charge in [0, 0.05) is 16.1 Å². The molecular weight excluding hydrogens is 366 g/mol. The third-order valence-electron chi connectivity index (χ3n) is 3.54. The van der Waals surface area contributed by atoms with Crippen molar-refractivity contribution in [3.05, 3.63) is 28.7 Å². The highest BCUT2D eigenvalue weighted by molar-refractivity contribution is 9.10. The van der Waals surface area contributed by atoms with Gasteiger partial charge >= 0.3 is 0 Å². The van der Waals surface area contributed by atoms with Crippen LogP contribution in [-0.4, -0.2) is 27.9 Å². The van der Waals surface area contributed by atoms with Crippen LogP contribution in [0, 0.1) is 0 Å². The highest BCUT2D eigenvalue weighted by Gasteiger charge is 2.18. The summed E-state index contributed by atoms with van der Waals surface area (Å²) in [6, 6.07) is 7.98. The van der Waals surface area contributed by atoms with Crippen LogP contribution in [-0.2, 0) is 4.79 Å². The maximum Gasteiger partial charge on any atom is 0.277 e. The van der Waals surface area contributed by atoms with E-state index in [2.05, 4.69) is 31.4 Å². The van der Waals surface area contributed by atoms with Crippen molar-refractivity contribution in [2.45, 2.75) is 36.9 Å². The summed E-state index contributed by atoms with van der Waals surface area (Å²) in [5.41, 5.74) is 0.859. The second-order valence-electron chi connectivity index (χ2n) is 5.22. The summed E-state index contributed by atoms with van der Waals surface area (Å²) in [7, 11) is 0. The van der Waals surface area contributed by atoms with E-state index in [1.54, 1.807) is 0 Å². The molecule has 1 saturated carbocycles. The van der Waals surface area contributed by atoms with E-state index in [-0.39, 0.29) is 5.91 Å². The van der Waals surface area contributed by atoms with Crippen LogP contribution in [0.4, 0.5) is 0 Å². The average Bonchev–Trinajstić information content (AvgIpc) is 3.17. The predicted octanol–water partition coefficient (Wildman–Crippen LogP) is 3.65. The Morgan fingerprint density at radius 1 is 1.27 bits per heavy atom. The Bertz CT molecular complexity index is 638. The van der Waals surface area contributed by atoms with Gasteiger partial charge in [0.1, 0.15) is 0 Å². The highest BCUT2D eigenvalue weighted by atomic mass is 79.9. The lowest BCUT2D eigenvalue weighted by atomic mass is 10.2. The average molecular weight is 382 g/mol. The molecule has 0 bridgehead atoms. The van der Waals surface area contributed by atoms with Gasteiger partial charge in [-0.1, -0.05) is 40.5 Å². The second-order valence-corrected chi connectivity index (χ2v) is 7.06. The van der Waals surface area contributed by atoms with Crippen LogP contribution < -0.4 is 5.32 Å². The summed E-state index contributed by atoms with van der Waals surface area (Å²) < 4.78 is 6.57. The van der Waals surface area contributed by atoms with Gasteiger partial charge in [0.15, 0.2) is 0 Å². The van der Waals surface area contributed by atoms with Gasteiger partial charge in [0.25, 0.3) is 5.22 Å². The molecule has 1 N–H and O–H groups in total. The van der Waals surface area contributed by atoms with Crippen molar-refractivity contribution in [1.29, 1.82) is 0 Å². The maximum absolute atomic E-state index is 11.9. The fraction of sp³-hybridized carbons (Fsp3) is 0.400. The molecule has 0 unspecified atom stereocenters. The number of thioether (sulfide) groups is 1. The maximum atomic E-state index is 11.9. The zero-order valence-electron chi connectivity index (χ0n) is 11.9. The minimum absolute atomic E-state index is 0.0280. The van der Waals surface area contributed by atoms with Crippen LogP contribution in [0.1, 0.15) is 25.7 Å². The summed E-state index contributed by atoms with van der Waals surface area (Å²) in [4.78, 5) is 11.9. The number of benzene rings is 1. The Morgan fingerprint density at radius 2 is 2.00 bits per heavy atom. The number of halogens is 1. The van der Waals surface area contributed by atoms with Crippen molar-refractivity contribution in [3.63, 3.8) is 0 Å². The first-order valence-electron chi connectivity index (χ1n) is 7.22. The van der Waals surface area contributed by atoms with Crippen molar-refractivity contribution in [3.8, 4) is 11.5 Å². The molecule has 1 aliphatic carbocycles. The van der Waals surface area contributed by atoms with E-state index in [1.807, 2.05) is 24.3 Å². The molecule has 7 heteroatoms.